The molecule has 0 saturated carbocycles. The van der Waals surface area contributed by atoms with E-state index in [9.17, 15) is 9.50 Å². The molecule has 2 aromatic carbocycles. The largest absolute Gasteiger partial charge is 0.388 e. The monoisotopic (exact) mass is 420 g/mol. The molecule has 0 aromatic heterocycles. The van der Waals surface area contributed by atoms with Crippen LogP contribution in [0.2, 0.25) is 0 Å². The smallest absolute Gasteiger partial charge is 0.124 e. The molecule has 0 saturated heterocycles. The quantitative estimate of drug-likeness (QED) is 0.726. The van der Waals surface area contributed by atoms with Crippen LogP contribution < -0.4 is 0 Å². The van der Waals surface area contributed by atoms with Gasteiger partial charge < -0.3 is 5.11 Å². The van der Waals surface area contributed by atoms with Gasteiger partial charge in [0.25, 0.3) is 0 Å². The van der Waals surface area contributed by atoms with Crippen molar-refractivity contribution in [2.75, 3.05) is 0 Å². The van der Waals surface area contributed by atoms with E-state index in [0.717, 1.165) is 14.7 Å². The maximum absolute atomic E-state index is 13.2. The lowest BCUT2D eigenvalue weighted by molar-refractivity contribution is 0.178. The Morgan fingerprint density at radius 1 is 1.22 bits per heavy atom. The molecule has 2 rings (SSSR count). The van der Waals surface area contributed by atoms with Gasteiger partial charge in [-0.2, -0.15) is 0 Å². The zero-order valence-electron chi connectivity index (χ0n) is 9.41. The summed E-state index contributed by atoms with van der Waals surface area (Å²) in [4.78, 5) is 0. The van der Waals surface area contributed by atoms with Crippen LogP contribution in [0.1, 0.15) is 17.2 Å². The maximum atomic E-state index is 13.2. The number of benzene rings is 2. The third-order valence-electron chi connectivity index (χ3n) is 2.58. The van der Waals surface area contributed by atoms with E-state index in [4.69, 9.17) is 0 Å². The molecular formula is C14H11BrFIO. The van der Waals surface area contributed by atoms with Gasteiger partial charge in [0.1, 0.15) is 5.82 Å². The minimum Gasteiger partial charge on any atom is -0.388 e. The van der Waals surface area contributed by atoms with Crippen molar-refractivity contribution in [2.45, 2.75) is 12.5 Å². The van der Waals surface area contributed by atoms with Crippen molar-refractivity contribution in [3.63, 3.8) is 0 Å². The van der Waals surface area contributed by atoms with Gasteiger partial charge >= 0.3 is 0 Å². The SMILES string of the molecule is OC(Cc1cc(F)cc(Br)c1)c1cccc(I)c1. The number of hydrogen-bond acceptors (Lipinski definition) is 1. The van der Waals surface area contributed by atoms with Gasteiger partial charge in [0.15, 0.2) is 0 Å². The summed E-state index contributed by atoms with van der Waals surface area (Å²) < 4.78 is 15.0. The number of hydrogen-bond donors (Lipinski definition) is 1. The van der Waals surface area contributed by atoms with Crippen LogP contribution in [0.4, 0.5) is 4.39 Å². The van der Waals surface area contributed by atoms with Gasteiger partial charge in [0.2, 0.25) is 0 Å². The van der Waals surface area contributed by atoms with E-state index in [1.54, 1.807) is 0 Å². The van der Waals surface area contributed by atoms with E-state index >= 15 is 0 Å². The lowest BCUT2D eigenvalue weighted by Crippen LogP contribution is -2.02. The van der Waals surface area contributed by atoms with E-state index in [2.05, 4.69) is 38.5 Å². The van der Waals surface area contributed by atoms with E-state index < -0.39 is 6.10 Å². The lowest BCUT2D eigenvalue weighted by atomic mass is 10.0. The Kier molecular flexibility index (Phi) is 4.75. The lowest BCUT2D eigenvalue weighted by Gasteiger charge is -2.12. The Morgan fingerprint density at radius 2 is 2.00 bits per heavy atom. The third-order valence-corrected chi connectivity index (χ3v) is 3.71. The first-order valence-corrected chi connectivity index (χ1v) is 7.30. The summed E-state index contributed by atoms with van der Waals surface area (Å²) in [5.41, 5.74) is 1.62. The molecule has 0 heterocycles. The molecule has 18 heavy (non-hydrogen) atoms. The summed E-state index contributed by atoms with van der Waals surface area (Å²) in [5, 5.41) is 10.1. The molecule has 0 fully saturated rings. The first-order chi connectivity index (χ1) is 8.54. The first kappa shape index (κ1) is 14.0. The van der Waals surface area contributed by atoms with Crippen LogP contribution in [0.25, 0.3) is 0 Å². The van der Waals surface area contributed by atoms with Crippen molar-refractivity contribution in [1.29, 1.82) is 0 Å². The van der Waals surface area contributed by atoms with Crippen molar-refractivity contribution in [1.82, 2.24) is 0 Å². The standard InChI is InChI=1S/C14H11BrFIO/c15-11-4-9(5-12(16)8-11)6-14(18)10-2-1-3-13(17)7-10/h1-5,7-8,14,18H,6H2. The first-order valence-electron chi connectivity index (χ1n) is 5.43. The second-order valence-electron chi connectivity index (χ2n) is 4.05. The number of aliphatic hydroxyl groups excluding tert-OH is 1. The topological polar surface area (TPSA) is 20.2 Å². The highest BCUT2D eigenvalue weighted by molar-refractivity contribution is 14.1. The predicted octanol–water partition coefficient (Wildman–Crippen LogP) is 4.47. The molecule has 0 amide bonds. The number of aliphatic hydroxyl groups is 1. The minimum atomic E-state index is -0.617. The summed E-state index contributed by atoms with van der Waals surface area (Å²) in [6, 6.07) is 12.3. The van der Waals surface area contributed by atoms with Gasteiger partial charge in [-0.3, -0.25) is 0 Å². The molecule has 0 bridgehead atoms. The van der Waals surface area contributed by atoms with Crippen LogP contribution in [-0.4, -0.2) is 5.11 Å². The molecule has 2 aromatic rings. The molecule has 94 valence electrons. The zero-order chi connectivity index (χ0) is 13.1. The third kappa shape index (κ3) is 3.76. The molecule has 0 spiro atoms. The van der Waals surface area contributed by atoms with E-state index in [1.165, 1.54) is 12.1 Å². The van der Waals surface area contributed by atoms with E-state index in [-0.39, 0.29) is 5.82 Å². The molecule has 1 unspecified atom stereocenters. The van der Waals surface area contributed by atoms with Gasteiger partial charge in [-0.1, -0.05) is 28.1 Å². The highest BCUT2D eigenvalue weighted by Crippen LogP contribution is 2.22. The molecular weight excluding hydrogens is 410 g/mol. The Hall–Kier alpha value is -0.460. The molecule has 1 nitrogen and oxygen atoms in total. The van der Waals surface area contributed by atoms with Crippen molar-refractivity contribution in [3.05, 3.63) is 67.5 Å². The Balaban J connectivity index is 2.18. The van der Waals surface area contributed by atoms with Crippen LogP contribution in [0.5, 0.6) is 0 Å². The maximum Gasteiger partial charge on any atom is 0.124 e. The second kappa shape index (κ2) is 6.12. The van der Waals surface area contributed by atoms with Gasteiger partial charge in [0, 0.05) is 14.5 Å². The highest BCUT2D eigenvalue weighted by atomic mass is 127. The van der Waals surface area contributed by atoms with Crippen molar-refractivity contribution in [2.24, 2.45) is 0 Å². The van der Waals surface area contributed by atoms with Crippen molar-refractivity contribution < 1.29 is 9.50 Å². The van der Waals surface area contributed by atoms with Gasteiger partial charge in [-0.05, 0) is 64.0 Å². The summed E-state index contributed by atoms with van der Waals surface area (Å²) in [7, 11) is 0. The zero-order valence-corrected chi connectivity index (χ0v) is 13.2. The Labute approximate surface area is 127 Å². The van der Waals surface area contributed by atoms with Crippen LogP contribution in [0.3, 0.4) is 0 Å². The molecule has 1 atom stereocenters. The van der Waals surface area contributed by atoms with Crippen molar-refractivity contribution >= 4 is 38.5 Å². The summed E-state index contributed by atoms with van der Waals surface area (Å²) in [6.07, 6.45) is -0.218. The van der Waals surface area contributed by atoms with Crippen LogP contribution in [0, 0.1) is 9.39 Å². The Morgan fingerprint density at radius 3 is 2.67 bits per heavy atom. The average molecular weight is 421 g/mol. The van der Waals surface area contributed by atoms with Gasteiger partial charge in [0.05, 0.1) is 6.10 Å². The van der Waals surface area contributed by atoms with E-state index in [0.29, 0.717) is 10.9 Å². The van der Waals surface area contributed by atoms with Gasteiger partial charge in [-0.15, -0.1) is 0 Å². The van der Waals surface area contributed by atoms with Crippen LogP contribution in [0.15, 0.2) is 46.9 Å². The van der Waals surface area contributed by atoms with E-state index in [1.807, 2.05) is 30.3 Å². The van der Waals surface area contributed by atoms with Crippen LogP contribution >= 0.6 is 38.5 Å². The summed E-state index contributed by atoms with van der Waals surface area (Å²) in [6.45, 7) is 0. The summed E-state index contributed by atoms with van der Waals surface area (Å²) >= 11 is 5.45. The number of halogens is 3. The van der Waals surface area contributed by atoms with Crippen molar-refractivity contribution in [3.8, 4) is 0 Å². The molecule has 0 aliphatic rings. The minimum absolute atomic E-state index is 0.297. The predicted molar refractivity (Wildman–Crippen MR) is 81.9 cm³/mol. The number of rotatable bonds is 3. The average Bonchev–Trinajstić information content (AvgIpc) is 2.27. The molecule has 1 N–H and O–H groups in total. The Bertz CT molecular complexity index is 539. The fourth-order valence-corrected chi connectivity index (χ4v) is 2.86. The molecule has 0 radical (unpaired) electrons. The van der Waals surface area contributed by atoms with Crippen LogP contribution in [-0.2, 0) is 6.42 Å². The van der Waals surface area contributed by atoms with Gasteiger partial charge in [-0.25, -0.2) is 4.39 Å². The molecule has 0 aliphatic heterocycles. The fourth-order valence-electron chi connectivity index (χ4n) is 1.78. The second-order valence-corrected chi connectivity index (χ2v) is 6.21. The molecule has 4 heteroatoms. The molecule has 0 aliphatic carbocycles. The highest BCUT2D eigenvalue weighted by Gasteiger charge is 2.10. The normalized spacial score (nSPS) is 12.4. The fraction of sp³-hybridized carbons (Fsp3) is 0.143. The summed E-state index contributed by atoms with van der Waals surface area (Å²) in [5.74, 6) is -0.297.